The van der Waals surface area contributed by atoms with E-state index in [1.807, 2.05) is 0 Å². The predicted molar refractivity (Wildman–Crippen MR) is 64.9 cm³/mol. The molecule has 3 rings (SSSR count). The summed E-state index contributed by atoms with van der Waals surface area (Å²) >= 11 is 0. The van der Waals surface area contributed by atoms with Crippen molar-refractivity contribution in [1.82, 2.24) is 29.8 Å². The fraction of sp³-hybridized carbons (Fsp3) is 0.182. The summed E-state index contributed by atoms with van der Waals surface area (Å²) < 4.78 is 11.6. The molecule has 3 aromatic rings. The number of hydrogen-bond donors (Lipinski definition) is 0. The van der Waals surface area contributed by atoms with Gasteiger partial charge in [0.1, 0.15) is 12.0 Å². The molecule has 0 fully saturated rings. The number of hydrogen-bond acceptors (Lipinski definition) is 7. The summed E-state index contributed by atoms with van der Waals surface area (Å²) in [5.74, 6) is 0.388. The smallest absolute Gasteiger partial charge is 0.319 e. The van der Waals surface area contributed by atoms with E-state index < -0.39 is 0 Å². The second-order valence-corrected chi connectivity index (χ2v) is 3.61. The predicted octanol–water partition coefficient (Wildman–Crippen LogP) is 0.598. The molecule has 0 aromatic carbocycles. The first kappa shape index (κ1) is 11.3. The number of aromatic nitrogens is 6. The van der Waals surface area contributed by atoms with Gasteiger partial charge in [0, 0.05) is 6.20 Å². The number of methoxy groups -OCH3 is 2. The molecule has 0 N–H and O–H groups in total. The minimum absolute atomic E-state index is 0.238. The van der Waals surface area contributed by atoms with E-state index in [1.165, 1.54) is 25.2 Å². The van der Waals surface area contributed by atoms with Crippen LogP contribution >= 0.6 is 0 Å². The average molecular weight is 258 g/mol. The van der Waals surface area contributed by atoms with Gasteiger partial charge in [0.05, 0.1) is 19.8 Å². The summed E-state index contributed by atoms with van der Waals surface area (Å²) in [6.45, 7) is 0. The molecule has 19 heavy (non-hydrogen) atoms. The van der Waals surface area contributed by atoms with Gasteiger partial charge < -0.3 is 9.47 Å². The van der Waals surface area contributed by atoms with Crippen LogP contribution in [0, 0.1) is 0 Å². The lowest BCUT2D eigenvalue weighted by atomic mass is 10.2. The van der Waals surface area contributed by atoms with Gasteiger partial charge in [0.2, 0.25) is 5.88 Å². The van der Waals surface area contributed by atoms with Crippen LogP contribution < -0.4 is 9.47 Å². The van der Waals surface area contributed by atoms with Gasteiger partial charge in [0.25, 0.3) is 0 Å². The third kappa shape index (κ3) is 1.92. The maximum absolute atomic E-state index is 5.22. The maximum Gasteiger partial charge on any atom is 0.319 e. The van der Waals surface area contributed by atoms with Crippen LogP contribution in [0.4, 0.5) is 0 Å². The zero-order chi connectivity index (χ0) is 13.2. The Labute approximate surface area is 108 Å². The Hall–Kier alpha value is -2.77. The normalized spacial score (nSPS) is 10.6. The highest BCUT2D eigenvalue weighted by Gasteiger charge is 2.12. The van der Waals surface area contributed by atoms with Crippen molar-refractivity contribution in [3.63, 3.8) is 0 Å². The standard InChI is InChI=1S/C11H10N6O2/c1-18-10-7(5-12-11(15-10)19-2)8-3-4-9-13-6-14-17(9)16-8/h3-6H,1-2H3. The Balaban J connectivity index is 2.14. The molecule has 0 unspecified atom stereocenters. The highest BCUT2D eigenvalue weighted by Crippen LogP contribution is 2.26. The molecule has 0 aliphatic rings. The molecule has 8 heteroatoms. The molecular formula is C11H10N6O2. The molecule has 0 amide bonds. The second-order valence-electron chi connectivity index (χ2n) is 3.61. The average Bonchev–Trinajstić information content (AvgIpc) is 2.93. The van der Waals surface area contributed by atoms with Crippen LogP contribution in [0.5, 0.6) is 11.9 Å². The van der Waals surface area contributed by atoms with Crippen LogP contribution in [0.15, 0.2) is 24.7 Å². The molecule has 0 spiro atoms. The molecule has 0 aliphatic heterocycles. The monoisotopic (exact) mass is 258 g/mol. The Morgan fingerprint density at radius 1 is 1.11 bits per heavy atom. The van der Waals surface area contributed by atoms with Crippen molar-refractivity contribution in [3.8, 4) is 23.1 Å². The van der Waals surface area contributed by atoms with Crippen LogP contribution in [-0.4, -0.2) is 44.0 Å². The lowest BCUT2D eigenvalue weighted by molar-refractivity contribution is 0.353. The van der Waals surface area contributed by atoms with Crippen LogP contribution in [0.2, 0.25) is 0 Å². The first-order valence-corrected chi connectivity index (χ1v) is 5.44. The van der Waals surface area contributed by atoms with E-state index in [9.17, 15) is 0 Å². The van der Waals surface area contributed by atoms with Crippen LogP contribution in [0.3, 0.4) is 0 Å². The first-order valence-electron chi connectivity index (χ1n) is 5.44. The van der Waals surface area contributed by atoms with Crippen molar-refractivity contribution >= 4 is 5.65 Å². The number of nitrogens with zero attached hydrogens (tertiary/aromatic N) is 6. The summed E-state index contributed by atoms with van der Waals surface area (Å²) in [6.07, 6.45) is 3.03. The fourth-order valence-corrected chi connectivity index (χ4v) is 1.64. The van der Waals surface area contributed by atoms with Gasteiger partial charge in [-0.1, -0.05) is 0 Å². The lowest BCUT2D eigenvalue weighted by Gasteiger charge is -2.07. The van der Waals surface area contributed by atoms with Gasteiger partial charge >= 0.3 is 6.01 Å². The van der Waals surface area contributed by atoms with Crippen LogP contribution in [-0.2, 0) is 0 Å². The molecule has 3 aromatic heterocycles. The fourth-order valence-electron chi connectivity index (χ4n) is 1.64. The number of ether oxygens (including phenoxy) is 2. The van der Waals surface area contributed by atoms with Crippen LogP contribution in [0.1, 0.15) is 0 Å². The van der Waals surface area contributed by atoms with E-state index in [0.29, 0.717) is 22.8 Å². The zero-order valence-corrected chi connectivity index (χ0v) is 10.3. The van der Waals surface area contributed by atoms with E-state index in [4.69, 9.17) is 9.47 Å². The van der Waals surface area contributed by atoms with E-state index in [2.05, 4.69) is 25.1 Å². The molecular weight excluding hydrogens is 248 g/mol. The summed E-state index contributed by atoms with van der Waals surface area (Å²) in [5, 5.41) is 8.29. The summed E-state index contributed by atoms with van der Waals surface area (Å²) in [4.78, 5) is 12.2. The SMILES string of the molecule is COc1ncc(-c2ccc3ncnn3n2)c(OC)n1. The Kier molecular flexibility index (Phi) is 2.67. The van der Waals surface area contributed by atoms with E-state index in [-0.39, 0.29) is 6.01 Å². The molecule has 0 saturated carbocycles. The number of rotatable bonds is 3. The third-order valence-corrected chi connectivity index (χ3v) is 2.53. The van der Waals surface area contributed by atoms with E-state index in [1.54, 1.807) is 18.3 Å². The molecule has 3 heterocycles. The Bertz CT molecular complexity index is 726. The maximum atomic E-state index is 5.22. The molecule has 0 radical (unpaired) electrons. The highest BCUT2D eigenvalue weighted by molar-refractivity contribution is 5.64. The molecule has 0 saturated heterocycles. The third-order valence-electron chi connectivity index (χ3n) is 2.53. The van der Waals surface area contributed by atoms with Crippen molar-refractivity contribution in [1.29, 1.82) is 0 Å². The van der Waals surface area contributed by atoms with Gasteiger partial charge in [-0.3, -0.25) is 0 Å². The molecule has 0 atom stereocenters. The van der Waals surface area contributed by atoms with Crippen molar-refractivity contribution in [2.24, 2.45) is 0 Å². The lowest BCUT2D eigenvalue weighted by Crippen LogP contribution is -2.01. The second kappa shape index (κ2) is 4.48. The van der Waals surface area contributed by atoms with Gasteiger partial charge in [-0.05, 0) is 12.1 Å². The minimum atomic E-state index is 0.238. The summed E-state index contributed by atoms with van der Waals surface area (Å²) in [6, 6.07) is 3.85. The van der Waals surface area contributed by atoms with E-state index in [0.717, 1.165) is 0 Å². The number of fused-ring (bicyclic) bond motifs is 1. The minimum Gasteiger partial charge on any atom is -0.480 e. The summed E-state index contributed by atoms with van der Waals surface area (Å²) in [7, 11) is 3.02. The topological polar surface area (TPSA) is 87.3 Å². The van der Waals surface area contributed by atoms with Crippen molar-refractivity contribution in [3.05, 3.63) is 24.7 Å². The van der Waals surface area contributed by atoms with Gasteiger partial charge in [-0.2, -0.15) is 4.98 Å². The van der Waals surface area contributed by atoms with Crippen molar-refractivity contribution in [2.75, 3.05) is 14.2 Å². The Morgan fingerprint density at radius 2 is 2.00 bits per heavy atom. The van der Waals surface area contributed by atoms with Crippen molar-refractivity contribution < 1.29 is 9.47 Å². The van der Waals surface area contributed by atoms with E-state index >= 15 is 0 Å². The van der Waals surface area contributed by atoms with Gasteiger partial charge in [-0.15, -0.1) is 14.8 Å². The zero-order valence-electron chi connectivity index (χ0n) is 10.3. The first-order chi connectivity index (χ1) is 9.31. The van der Waals surface area contributed by atoms with Crippen molar-refractivity contribution in [2.45, 2.75) is 0 Å². The molecule has 0 aliphatic carbocycles. The van der Waals surface area contributed by atoms with Gasteiger partial charge in [-0.25, -0.2) is 9.97 Å². The largest absolute Gasteiger partial charge is 0.480 e. The molecule has 0 bridgehead atoms. The molecule has 8 nitrogen and oxygen atoms in total. The Morgan fingerprint density at radius 3 is 2.79 bits per heavy atom. The van der Waals surface area contributed by atoms with Crippen LogP contribution in [0.25, 0.3) is 16.9 Å². The highest BCUT2D eigenvalue weighted by atomic mass is 16.5. The summed E-state index contributed by atoms with van der Waals surface area (Å²) in [5.41, 5.74) is 1.95. The quantitative estimate of drug-likeness (QED) is 0.679. The van der Waals surface area contributed by atoms with Gasteiger partial charge in [0.15, 0.2) is 5.65 Å². The molecule has 96 valence electrons.